The van der Waals surface area contributed by atoms with E-state index in [4.69, 9.17) is 6.42 Å². The van der Waals surface area contributed by atoms with Crippen molar-refractivity contribution in [3.05, 3.63) is 30.1 Å². The number of para-hydroxylation sites is 2. The first kappa shape index (κ1) is 13.7. The second-order valence-electron chi connectivity index (χ2n) is 5.26. The Bertz CT molecular complexity index is 705. The van der Waals surface area contributed by atoms with Crippen LogP contribution >= 0.6 is 0 Å². The summed E-state index contributed by atoms with van der Waals surface area (Å²) in [5, 5.41) is 0. The number of piperazine rings is 1. The van der Waals surface area contributed by atoms with E-state index in [-0.39, 0.29) is 5.91 Å². The molecule has 1 amide bonds. The molecule has 1 aromatic carbocycles. The average molecular weight is 282 g/mol. The van der Waals surface area contributed by atoms with Gasteiger partial charge in [0.15, 0.2) is 5.82 Å². The summed E-state index contributed by atoms with van der Waals surface area (Å²) in [5.41, 5.74) is 1.83. The van der Waals surface area contributed by atoms with Crippen LogP contribution in [0.15, 0.2) is 24.3 Å². The molecule has 0 unspecified atom stereocenters. The summed E-state index contributed by atoms with van der Waals surface area (Å²) in [4.78, 5) is 21.1. The zero-order chi connectivity index (χ0) is 14.8. The molecule has 0 atom stereocenters. The van der Waals surface area contributed by atoms with Crippen LogP contribution in [0, 0.1) is 12.3 Å². The molecule has 5 heteroatoms. The Hall–Kier alpha value is -2.32. The number of aryl methyl sites for hydroxylation is 1. The molecule has 1 fully saturated rings. The van der Waals surface area contributed by atoms with Gasteiger partial charge in [0.05, 0.1) is 17.6 Å². The van der Waals surface area contributed by atoms with Crippen molar-refractivity contribution in [1.82, 2.24) is 19.4 Å². The summed E-state index contributed by atoms with van der Waals surface area (Å²) >= 11 is 0. The summed E-state index contributed by atoms with van der Waals surface area (Å²) in [6, 6.07) is 7.79. The van der Waals surface area contributed by atoms with Gasteiger partial charge in [-0.3, -0.25) is 9.69 Å². The van der Waals surface area contributed by atoms with Gasteiger partial charge < -0.3 is 9.47 Å². The predicted molar refractivity (Wildman–Crippen MR) is 81.9 cm³/mol. The van der Waals surface area contributed by atoms with Crippen molar-refractivity contribution in [1.29, 1.82) is 0 Å². The number of fused-ring (bicyclic) bond motifs is 1. The number of aromatic nitrogens is 2. The highest BCUT2D eigenvalue weighted by Crippen LogP contribution is 2.16. The van der Waals surface area contributed by atoms with E-state index >= 15 is 0 Å². The molecule has 1 aliphatic rings. The smallest absolute Gasteiger partial charge is 0.289 e. The number of nitrogens with zero attached hydrogens (tertiary/aromatic N) is 4. The Labute approximate surface area is 124 Å². The third-order valence-electron chi connectivity index (χ3n) is 3.95. The van der Waals surface area contributed by atoms with E-state index in [0.717, 1.165) is 24.1 Å². The van der Waals surface area contributed by atoms with E-state index in [1.54, 1.807) is 0 Å². The Kier molecular flexibility index (Phi) is 3.63. The highest BCUT2D eigenvalue weighted by atomic mass is 16.2. The lowest BCUT2D eigenvalue weighted by molar-refractivity contribution is 0.0637. The fraction of sp³-hybridized carbons (Fsp3) is 0.375. The fourth-order valence-electron chi connectivity index (χ4n) is 2.72. The number of benzene rings is 1. The van der Waals surface area contributed by atoms with Crippen molar-refractivity contribution < 1.29 is 4.79 Å². The molecular weight excluding hydrogens is 264 g/mol. The molecule has 2 heterocycles. The van der Waals surface area contributed by atoms with Gasteiger partial charge in [-0.15, -0.1) is 6.42 Å². The van der Waals surface area contributed by atoms with Crippen LogP contribution in [0.5, 0.6) is 0 Å². The lowest BCUT2D eigenvalue weighted by Crippen LogP contribution is -2.49. The van der Waals surface area contributed by atoms with Crippen molar-refractivity contribution in [3.8, 4) is 12.3 Å². The number of terminal acetylenes is 1. The van der Waals surface area contributed by atoms with E-state index in [0.29, 0.717) is 25.5 Å². The Morgan fingerprint density at radius 2 is 2.00 bits per heavy atom. The molecule has 1 aliphatic heterocycles. The molecule has 0 saturated carbocycles. The summed E-state index contributed by atoms with van der Waals surface area (Å²) in [6.45, 7) is 3.68. The van der Waals surface area contributed by atoms with Gasteiger partial charge in [-0.2, -0.15) is 0 Å². The predicted octanol–water partition coefficient (Wildman–Crippen LogP) is 0.964. The molecule has 108 valence electrons. The van der Waals surface area contributed by atoms with Gasteiger partial charge >= 0.3 is 0 Å². The first-order valence-electron chi connectivity index (χ1n) is 7.07. The SMILES string of the molecule is C#CCN1CCN(C(=O)c2nc3ccccc3n2C)CC1. The fourth-order valence-corrected chi connectivity index (χ4v) is 2.72. The zero-order valence-corrected chi connectivity index (χ0v) is 12.1. The van der Waals surface area contributed by atoms with Crippen LogP contribution in [0.25, 0.3) is 11.0 Å². The Morgan fingerprint density at radius 3 is 2.67 bits per heavy atom. The molecule has 21 heavy (non-hydrogen) atoms. The third kappa shape index (κ3) is 2.50. The second-order valence-corrected chi connectivity index (χ2v) is 5.26. The minimum atomic E-state index is -0.00550. The number of carbonyl (C=O) groups excluding carboxylic acids is 1. The van der Waals surface area contributed by atoms with E-state index in [2.05, 4.69) is 15.8 Å². The lowest BCUT2D eigenvalue weighted by Gasteiger charge is -2.33. The van der Waals surface area contributed by atoms with Crippen LogP contribution < -0.4 is 0 Å². The van der Waals surface area contributed by atoms with Gasteiger partial charge in [-0.05, 0) is 12.1 Å². The van der Waals surface area contributed by atoms with Crippen LogP contribution in [-0.4, -0.2) is 58.0 Å². The molecule has 0 spiro atoms. The zero-order valence-electron chi connectivity index (χ0n) is 12.1. The maximum atomic E-state index is 12.6. The third-order valence-corrected chi connectivity index (χ3v) is 3.95. The largest absolute Gasteiger partial charge is 0.333 e. The number of rotatable bonds is 2. The molecule has 0 aliphatic carbocycles. The van der Waals surface area contributed by atoms with E-state index < -0.39 is 0 Å². The molecule has 5 nitrogen and oxygen atoms in total. The number of carbonyl (C=O) groups is 1. The molecule has 0 bridgehead atoms. The van der Waals surface area contributed by atoms with Gasteiger partial charge in [0.25, 0.3) is 5.91 Å². The summed E-state index contributed by atoms with van der Waals surface area (Å²) < 4.78 is 1.87. The van der Waals surface area contributed by atoms with Crippen molar-refractivity contribution in [2.75, 3.05) is 32.7 Å². The van der Waals surface area contributed by atoms with Gasteiger partial charge in [0, 0.05) is 33.2 Å². The summed E-state index contributed by atoms with van der Waals surface area (Å²) in [6.07, 6.45) is 5.32. The van der Waals surface area contributed by atoms with E-state index in [1.807, 2.05) is 40.8 Å². The minimum absolute atomic E-state index is 0.00550. The molecule has 3 rings (SSSR count). The van der Waals surface area contributed by atoms with Crippen LogP contribution in [0.1, 0.15) is 10.6 Å². The maximum Gasteiger partial charge on any atom is 0.289 e. The minimum Gasteiger partial charge on any atom is -0.333 e. The van der Waals surface area contributed by atoms with Gasteiger partial charge in [-0.25, -0.2) is 4.98 Å². The van der Waals surface area contributed by atoms with Crippen molar-refractivity contribution >= 4 is 16.9 Å². The first-order valence-corrected chi connectivity index (χ1v) is 7.07. The van der Waals surface area contributed by atoms with E-state index in [9.17, 15) is 4.79 Å². The number of hydrogen-bond acceptors (Lipinski definition) is 3. The normalized spacial score (nSPS) is 16.1. The lowest BCUT2D eigenvalue weighted by atomic mass is 10.3. The summed E-state index contributed by atoms with van der Waals surface area (Å²) in [5.74, 6) is 3.14. The van der Waals surface area contributed by atoms with Crippen LogP contribution in [-0.2, 0) is 7.05 Å². The first-order chi connectivity index (χ1) is 10.2. The van der Waals surface area contributed by atoms with Crippen LogP contribution in [0.2, 0.25) is 0 Å². The van der Waals surface area contributed by atoms with Gasteiger partial charge in [0.1, 0.15) is 0 Å². The van der Waals surface area contributed by atoms with Gasteiger partial charge in [-0.1, -0.05) is 18.1 Å². The number of imidazole rings is 1. The molecule has 0 N–H and O–H groups in total. The van der Waals surface area contributed by atoms with Crippen molar-refractivity contribution in [2.45, 2.75) is 0 Å². The standard InChI is InChI=1S/C16H18N4O/c1-3-8-19-9-11-20(12-10-19)16(21)15-17-13-6-4-5-7-14(13)18(15)2/h1,4-7H,8-12H2,2H3. The molecule has 1 aromatic heterocycles. The topological polar surface area (TPSA) is 41.4 Å². The Morgan fingerprint density at radius 1 is 1.29 bits per heavy atom. The highest BCUT2D eigenvalue weighted by Gasteiger charge is 2.25. The van der Waals surface area contributed by atoms with Crippen LogP contribution in [0.4, 0.5) is 0 Å². The molecule has 1 saturated heterocycles. The Balaban J connectivity index is 1.79. The highest BCUT2D eigenvalue weighted by molar-refractivity contribution is 5.94. The van der Waals surface area contributed by atoms with E-state index in [1.165, 1.54) is 0 Å². The maximum absolute atomic E-state index is 12.6. The second kappa shape index (κ2) is 5.58. The van der Waals surface area contributed by atoms with Crippen molar-refractivity contribution in [3.63, 3.8) is 0 Å². The van der Waals surface area contributed by atoms with Crippen LogP contribution in [0.3, 0.4) is 0 Å². The monoisotopic (exact) mass is 282 g/mol. The molecule has 0 radical (unpaired) electrons. The molecule has 2 aromatic rings. The number of amides is 1. The van der Waals surface area contributed by atoms with Gasteiger partial charge in [0.2, 0.25) is 0 Å². The molecular formula is C16H18N4O. The quantitative estimate of drug-likeness (QED) is 0.771. The van der Waals surface area contributed by atoms with Crippen molar-refractivity contribution in [2.24, 2.45) is 7.05 Å². The average Bonchev–Trinajstić information content (AvgIpc) is 2.85. The number of hydrogen-bond donors (Lipinski definition) is 0. The summed E-state index contributed by atoms with van der Waals surface area (Å²) in [7, 11) is 1.89.